The van der Waals surface area contributed by atoms with Gasteiger partial charge < -0.3 is 4.90 Å². The number of hydrogen-bond acceptors (Lipinski definition) is 4. The molecule has 1 aromatic carbocycles. The summed E-state index contributed by atoms with van der Waals surface area (Å²) < 4.78 is 2.10. The minimum Gasteiger partial charge on any atom is -0.302 e. The number of benzene rings is 1. The van der Waals surface area contributed by atoms with Crippen molar-refractivity contribution >= 4 is 0 Å². The first kappa shape index (κ1) is 17.9. The van der Waals surface area contributed by atoms with Crippen LogP contribution in [-0.2, 0) is 12.8 Å². The number of aryl methyl sites for hydroxylation is 1. The summed E-state index contributed by atoms with van der Waals surface area (Å²) in [6.45, 7) is 5.45. The summed E-state index contributed by atoms with van der Waals surface area (Å²) in [5.74, 6) is 2.40. The Kier molecular flexibility index (Phi) is 5.58. The standard InChI is InChI=1S/C22H27N5/c1-2-20-23-13-16-27(20)22-21(24-11-12-25-22)19-9-6-14-26(17-19)15-10-18-7-4-3-5-8-18/h3-5,7-8,11-13,16,19H,2,6,9-10,14-15,17H2,1H3. The van der Waals surface area contributed by atoms with E-state index >= 15 is 0 Å². The molecule has 3 heterocycles. The molecule has 0 N–H and O–H groups in total. The van der Waals surface area contributed by atoms with Gasteiger partial charge >= 0.3 is 0 Å². The summed E-state index contributed by atoms with van der Waals surface area (Å²) in [7, 11) is 0. The minimum absolute atomic E-state index is 0.422. The maximum atomic E-state index is 4.75. The van der Waals surface area contributed by atoms with Crippen molar-refractivity contribution in [2.75, 3.05) is 19.6 Å². The summed E-state index contributed by atoms with van der Waals surface area (Å²) in [5.41, 5.74) is 2.51. The number of piperidine rings is 1. The van der Waals surface area contributed by atoms with Crippen molar-refractivity contribution in [1.82, 2.24) is 24.4 Å². The van der Waals surface area contributed by atoms with E-state index in [1.807, 2.05) is 18.6 Å². The SMILES string of the molecule is CCc1nccn1-c1nccnc1C1CCCN(CCc2ccccc2)C1. The Balaban J connectivity index is 1.50. The molecule has 0 amide bonds. The molecule has 3 aromatic rings. The van der Waals surface area contributed by atoms with Crippen LogP contribution in [0.1, 0.15) is 42.8 Å². The summed E-state index contributed by atoms with van der Waals surface area (Å²) in [6.07, 6.45) is 11.8. The second kappa shape index (κ2) is 8.44. The average Bonchev–Trinajstić information content (AvgIpc) is 3.22. The summed E-state index contributed by atoms with van der Waals surface area (Å²) >= 11 is 0. The van der Waals surface area contributed by atoms with Crippen LogP contribution < -0.4 is 0 Å². The predicted molar refractivity (Wildman–Crippen MR) is 107 cm³/mol. The highest BCUT2D eigenvalue weighted by Crippen LogP contribution is 2.29. The van der Waals surface area contributed by atoms with Crippen molar-refractivity contribution in [3.8, 4) is 5.82 Å². The number of hydrogen-bond donors (Lipinski definition) is 0. The minimum atomic E-state index is 0.422. The quantitative estimate of drug-likeness (QED) is 0.672. The van der Waals surface area contributed by atoms with E-state index in [0.29, 0.717) is 5.92 Å². The van der Waals surface area contributed by atoms with E-state index in [4.69, 9.17) is 4.98 Å². The number of aromatic nitrogens is 4. The Hall–Kier alpha value is -2.53. The van der Waals surface area contributed by atoms with E-state index in [0.717, 1.165) is 43.3 Å². The zero-order valence-corrected chi connectivity index (χ0v) is 16.0. The predicted octanol–water partition coefficient (Wildman–Crippen LogP) is 3.65. The molecule has 4 rings (SSSR count). The Labute approximate surface area is 161 Å². The van der Waals surface area contributed by atoms with Gasteiger partial charge in [0, 0.05) is 50.2 Å². The summed E-state index contributed by atoms with van der Waals surface area (Å²) in [6, 6.07) is 10.8. The van der Waals surface area contributed by atoms with Crippen molar-refractivity contribution < 1.29 is 0 Å². The van der Waals surface area contributed by atoms with Crippen LogP contribution in [0, 0.1) is 0 Å². The fourth-order valence-electron chi connectivity index (χ4n) is 4.02. The highest BCUT2D eigenvalue weighted by atomic mass is 15.2. The first-order chi connectivity index (χ1) is 13.3. The molecule has 1 atom stereocenters. The lowest BCUT2D eigenvalue weighted by molar-refractivity contribution is 0.208. The molecular formula is C22H27N5. The van der Waals surface area contributed by atoms with E-state index in [1.165, 1.54) is 24.9 Å². The van der Waals surface area contributed by atoms with E-state index in [2.05, 4.69) is 56.7 Å². The van der Waals surface area contributed by atoms with Crippen LogP contribution in [0.2, 0.25) is 0 Å². The molecule has 5 heteroatoms. The third-order valence-electron chi connectivity index (χ3n) is 5.42. The molecule has 1 aliphatic heterocycles. The lowest BCUT2D eigenvalue weighted by Crippen LogP contribution is -2.36. The van der Waals surface area contributed by atoms with Gasteiger partial charge in [-0.2, -0.15) is 0 Å². The zero-order chi connectivity index (χ0) is 18.5. The van der Waals surface area contributed by atoms with Crippen LogP contribution in [0.4, 0.5) is 0 Å². The monoisotopic (exact) mass is 361 g/mol. The van der Waals surface area contributed by atoms with Gasteiger partial charge in [0.2, 0.25) is 0 Å². The largest absolute Gasteiger partial charge is 0.302 e. The molecule has 0 bridgehead atoms. The topological polar surface area (TPSA) is 46.8 Å². The molecule has 140 valence electrons. The van der Waals surface area contributed by atoms with E-state index < -0.39 is 0 Å². The van der Waals surface area contributed by atoms with Gasteiger partial charge in [-0.3, -0.25) is 9.55 Å². The molecule has 5 nitrogen and oxygen atoms in total. The molecule has 1 saturated heterocycles. The van der Waals surface area contributed by atoms with Crippen molar-refractivity contribution in [3.05, 3.63) is 72.2 Å². The Bertz CT molecular complexity index is 858. The first-order valence-corrected chi connectivity index (χ1v) is 9.95. The zero-order valence-electron chi connectivity index (χ0n) is 16.0. The van der Waals surface area contributed by atoms with Gasteiger partial charge in [0.1, 0.15) is 5.82 Å². The number of imidazole rings is 1. The molecular weight excluding hydrogens is 334 g/mol. The summed E-state index contributed by atoms with van der Waals surface area (Å²) in [5, 5.41) is 0. The van der Waals surface area contributed by atoms with Gasteiger partial charge in [-0.05, 0) is 31.4 Å². The second-order valence-corrected chi connectivity index (χ2v) is 7.21. The van der Waals surface area contributed by atoms with Crippen molar-refractivity contribution in [1.29, 1.82) is 0 Å². The van der Waals surface area contributed by atoms with Gasteiger partial charge in [0.15, 0.2) is 5.82 Å². The normalized spacial score (nSPS) is 17.9. The summed E-state index contributed by atoms with van der Waals surface area (Å²) in [4.78, 5) is 16.5. The molecule has 2 aromatic heterocycles. The Morgan fingerprint density at radius 2 is 1.89 bits per heavy atom. The van der Waals surface area contributed by atoms with Gasteiger partial charge in [-0.15, -0.1) is 0 Å². The molecule has 0 aliphatic carbocycles. The van der Waals surface area contributed by atoms with Crippen molar-refractivity contribution in [3.63, 3.8) is 0 Å². The molecule has 0 saturated carbocycles. The van der Waals surface area contributed by atoms with E-state index in [-0.39, 0.29) is 0 Å². The molecule has 27 heavy (non-hydrogen) atoms. The van der Waals surface area contributed by atoms with Gasteiger partial charge in [-0.25, -0.2) is 9.97 Å². The average molecular weight is 361 g/mol. The molecule has 0 spiro atoms. The van der Waals surface area contributed by atoms with Crippen molar-refractivity contribution in [2.24, 2.45) is 0 Å². The van der Waals surface area contributed by atoms with Gasteiger partial charge in [0.25, 0.3) is 0 Å². The smallest absolute Gasteiger partial charge is 0.160 e. The van der Waals surface area contributed by atoms with E-state index in [1.54, 1.807) is 6.20 Å². The molecule has 1 aliphatic rings. The maximum absolute atomic E-state index is 4.75. The Morgan fingerprint density at radius 1 is 1.04 bits per heavy atom. The van der Waals surface area contributed by atoms with Gasteiger partial charge in [-0.1, -0.05) is 37.3 Å². The van der Waals surface area contributed by atoms with Crippen LogP contribution in [0.5, 0.6) is 0 Å². The van der Waals surface area contributed by atoms with E-state index in [9.17, 15) is 0 Å². The fourth-order valence-corrected chi connectivity index (χ4v) is 4.02. The maximum Gasteiger partial charge on any atom is 0.160 e. The highest BCUT2D eigenvalue weighted by molar-refractivity contribution is 5.33. The molecule has 1 unspecified atom stereocenters. The van der Waals surface area contributed by atoms with Crippen LogP contribution in [0.25, 0.3) is 5.82 Å². The Morgan fingerprint density at radius 3 is 2.74 bits per heavy atom. The highest BCUT2D eigenvalue weighted by Gasteiger charge is 2.25. The number of nitrogens with zero attached hydrogens (tertiary/aromatic N) is 5. The third-order valence-corrected chi connectivity index (χ3v) is 5.42. The third kappa shape index (κ3) is 4.08. The number of likely N-dealkylation sites (tertiary alicyclic amines) is 1. The van der Waals surface area contributed by atoms with Gasteiger partial charge in [0.05, 0.1) is 5.69 Å². The lowest BCUT2D eigenvalue weighted by Gasteiger charge is -2.33. The first-order valence-electron chi connectivity index (χ1n) is 9.95. The lowest BCUT2D eigenvalue weighted by atomic mass is 9.94. The van der Waals surface area contributed by atoms with Crippen molar-refractivity contribution in [2.45, 2.75) is 38.5 Å². The van der Waals surface area contributed by atoms with Crippen LogP contribution in [0.3, 0.4) is 0 Å². The second-order valence-electron chi connectivity index (χ2n) is 7.21. The fraction of sp³-hybridized carbons (Fsp3) is 0.409. The van der Waals surface area contributed by atoms with Crippen LogP contribution >= 0.6 is 0 Å². The number of rotatable bonds is 6. The molecule has 0 radical (unpaired) electrons. The molecule has 1 fully saturated rings. The van der Waals surface area contributed by atoms with Crippen LogP contribution in [-0.4, -0.2) is 44.1 Å². The van der Waals surface area contributed by atoms with Crippen LogP contribution in [0.15, 0.2) is 55.1 Å².